The Morgan fingerprint density at radius 1 is 1.55 bits per heavy atom. The number of aromatic amines is 1. The fourth-order valence-electron chi connectivity index (χ4n) is 1.56. The molecule has 0 unspecified atom stereocenters. The van der Waals surface area contributed by atoms with E-state index in [2.05, 4.69) is 15.3 Å². The van der Waals surface area contributed by atoms with Crippen LogP contribution in [0.5, 0.6) is 0 Å². The Morgan fingerprint density at radius 2 is 2.35 bits per heavy atom. The molecule has 2 heterocycles. The minimum atomic E-state index is -1.01. The molecule has 0 radical (unpaired) electrons. The largest absolute Gasteiger partial charge is 0.478 e. The molecule has 7 heteroatoms. The smallest absolute Gasteiger partial charge is 0.328 e. The van der Waals surface area contributed by atoms with E-state index in [-0.39, 0.29) is 5.91 Å². The van der Waals surface area contributed by atoms with Crippen molar-refractivity contribution in [1.29, 1.82) is 0 Å². The summed E-state index contributed by atoms with van der Waals surface area (Å²) in [7, 11) is 0. The Labute approximate surface area is 119 Å². The van der Waals surface area contributed by atoms with Gasteiger partial charge < -0.3 is 15.4 Å². The van der Waals surface area contributed by atoms with E-state index >= 15 is 0 Å². The van der Waals surface area contributed by atoms with Crippen molar-refractivity contribution in [3.8, 4) is 0 Å². The highest BCUT2D eigenvalue weighted by molar-refractivity contribution is 7.15. The number of carboxylic acids is 1. The number of hydrogen-bond donors (Lipinski definition) is 3. The number of carbonyl (C=O) groups is 2. The second kappa shape index (κ2) is 6.16. The Kier molecular flexibility index (Phi) is 4.31. The number of imidazole rings is 1. The van der Waals surface area contributed by atoms with E-state index in [0.29, 0.717) is 11.4 Å². The van der Waals surface area contributed by atoms with Crippen molar-refractivity contribution in [2.45, 2.75) is 13.5 Å². The summed E-state index contributed by atoms with van der Waals surface area (Å²) in [4.78, 5) is 30.5. The summed E-state index contributed by atoms with van der Waals surface area (Å²) in [5.74, 6) is -1.20. The average molecular weight is 291 g/mol. The lowest BCUT2D eigenvalue weighted by atomic mass is 10.2. The standard InChI is InChI=1S/C13H13N3O3S/c1-8-4-11(20-10(8)2-3-12(17)18)13(19)15-6-9-5-14-7-16-9/h2-5,7H,6H2,1H3,(H,14,16)(H,15,19)(H,17,18)/b3-2+. The highest BCUT2D eigenvalue weighted by Gasteiger charge is 2.11. The number of carbonyl (C=O) groups excluding carboxylic acids is 1. The fraction of sp³-hybridized carbons (Fsp3) is 0.154. The van der Waals surface area contributed by atoms with Gasteiger partial charge in [-0.2, -0.15) is 0 Å². The molecule has 0 aliphatic carbocycles. The van der Waals surface area contributed by atoms with Crippen molar-refractivity contribution in [2.75, 3.05) is 0 Å². The van der Waals surface area contributed by atoms with Crippen LogP contribution in [0.3, 0.4) is 0 Å². The van der Waals surface area contributed by atoms with Gasteiger partial charge in [-0.25, -0.2) is 9.78 Å². The van der Waals surface area contributed by atoms with Gasteiger partial charge in [-0.15, -0.1) is 11.3 Å². The second-order valence-corrected chi connectivity index (χ2v) is 5.17. The maximum Gasteiger partial charge on any atom is 0.328 e. The molecule has 0 saturated heterocycles. The first-order chi connectivity index (χ1) is 9.56. The van der Waals surface area contributed by atoms with E-state index in [9.17, 15) is 9.59 Å². The van der Waals surface area contributed by atoms with Crippen LogP contribution >= 0.6 is 11.3 Å². The van der Waals surface area contributed by atoms with E-state index in [1.165, 1.54) is 17.4 Å². The first-order valence-corrected chi connectivity index (χ1v) is 6.65. The number of aliphatic carboxylic acids is 1. The summed E-state index contributed by atoms with van der Waals surface area (Å²) < 4.78 is 0. The van der Waals surface area contributed by atoms with E-state index in [1.807, 2.05) is 6.92 Å². The SMILES string of the molecule is Cc1cc(C(=O)NCc2cnc[nH]2)sc1/C=C/C(=O)O. The molecule has 0 aromatic carbocycles. The van der Waals surface area contributed by atoms with Crippen LogP contribution in [0.15, 0.2) is 24.7 Å². The van der Waals surface area contributed by atoms with Gasteiger partial charge in [0, 0.05) is 17.2 Å². The topological polar surface area (TPSA) is 95.1 Å². The van der Waals surface area contributed by atoms with Gasteiger partial charge in [0.15, 0.2) is 0 Å². The molecule has 0 atom stereocenters. The quantitative estimate of drug-likeness (QED) is 0.732. The van der Waals surface area contributed by atoms with Crippen molar-refractivity contribution >= 4 is 29.3 Å². The Morgan fingerprint density at radius 3 is 3.00 bits per heavy atom. The minimum Gasteiger partial charge on any atom is -0.478 e. The van der Waals surface area contributed by atoms with Gasteiger partial charge >= 0.3 is 5.97 Å². The third kappa shape index (κ3) is 3.55. The lowest BCUT2D eigenvalue weighted by molar-refractivity contribution is -0.131. The van der Waals surface area contributed by atoms with Crippen LogP contribution in [0.25, 0.3) is 6.08 Å². The summed E-state index contributed by atoms with van der Waals surface area (Å²) >= 11 is 1.26. The van der Waals surface area contributed by atoms with Crippen LogP contribution in [0.1, 0.15) is 25.8 Å². The molecule has 2 aromatic rings. The third-order valence-corrected chi connectivity index (χ3v) is 3.75. The first-order valence-electron chi connectivity index (χ1n) is 5.83. The van der Waals surface area contributed by atoms with Gasteiger partial charge in [-0.05, 0) is 24.6 Å². The zero-order valence-corrected chi connectivity index (χ0v) is 11.5. The molecule has 0 aliphatic heterocycles. The molecule has 0 spiro atoms. The monoisotopic (exact) mass is 291 g/mol. The number of hydrogen-bond acceptors (Lipinski definition) is 4. The zero-order chi connectivity index (χ0) is 14.5. The van der Waals surface area contributed by atoms with Crippen LogP contribution in [0, 0.1) is 6.92 Å². The van der Waals surface area contributed by atoms with Crippen molar-refractivity contribution in [3.63, 3.8) is 0 Å². The molecular weight excluding hydrogens is 278 g/mol. The number of nitrogens with one attached hydrogen (secondary N) is 2. The zero-order valence-electron chi connectivity index (χ0n) is 10.7. The lowest BCUT2D eigenvalue weighted by Gasteiger charge is -2.00. The highest BCUT2D eigenvalue weighted by atomic mass is 32.1. The Bertz CT molecular complexity index is 644. The first kappa shape index (κ1) is 14.0. The second-order valence-electron chi connectivity index (χ2n) is 4.09. The van der Waals surface area contributed by atoms with Crippen LogP contribution in [0.4, 0.5) is 0 Å². The maximum atomic E-state index is 12.0. The predicted octanol–water partition coefficient (Wildman–Crippen LogP) is 1.81. The van der Waals surface area contributed by atoms with Crippen molar-refractivity contribution in [2.24, 2.45) is 0 Å². The molecule has 20 heavy (non-hydrogen) atoms. The molecule has 6 nitrogen and oxygen atoms in total. The molecule has 1 amide bonds. The summed E-state index contributed by atoms with van der Waals surface area (Å²) in [6, 6.07) is 1.74. The van der Waals surface area contributed by atoms with Crippen molar-refractivity contribution < 1.29 is 14.7 Å². The molecular formula is C13H13N3O3S. The van der Waals surface area contributed by atoms with Gasteiger partial charge in [0.05, 0.1) is 23.4 Å². The Balaban J connectivity index is 2.03. The average Bonchev–Trinajstić information content (AvgIpc) is 3.03. The maximum absolute atomic E-state index is 12.0. The highest BCUT2D eigenvalue weighted by Crippen LogP contribution is 2.23. The van der Waals surface area contributed by atoms with E-state index in [0.717, 1.165) is 22.2 Å². The number of amides is 1. The van der Waals surface area contributed by atoms with Gasteiger partial charge in [0.2, 0.25) is 0 Å². The van der Waals surface area contributed by atoms with Crippen molar-refractivity contribution in [1.82, 2.24) is 15.3 Å². The van der Waals surface area contributed by atoms with Gasteiger partial charge in [-0.3, -0.25) is 4.79 Å². The van der Waals surface area contributed by atoms with E-state index in [1.54, 1.807) is 18.6 Å². The molecule has 0 aliphatic rings. The normalized spacial score (nSPS) is 10.8. The summed E-state index contributed by atoms with van der Waals surface area (Å²) in [5.41, 5.74) is 1.69. The number of H-pyrrole nitrogens is 1. The molecule has 3 N–H and O–H groups in total. The predicted molar refractivity (Wildman–Crippen MR) is 75.5 cm³/mol. The van der Waals surface area contributed by atoms with Crippen LogP contribution < -0.4 is 5.32 Å². The number of thiophene rings is 1. The molecule has 104 valence electrons. The number of aromatic nitrogens is 2. The molecule has 0 fully saturated rings. The van der Waals surface area contributed by atoms with Crippen LogP contribution in [-0.4, -0.2) is 27.0 Å². The summed E-state index contributed by atoms with van der Waals surface area (Å²) in [6.45, 7) is 2.21. The molecule has 2 aromatic heterocycles. The Hall–Kier alpha value is -2.41. The molecule has 0 saturated carbocycles. The van der Waals surface area contributed by atoms with Crippen molar-refractivity contribution in [3.05, 3.63) is 45.7 Å². The van der Waals surface area contributed by atoms with Crippen LogP contribution in [-0.2, 0) is 11.3 Å². The lowest BCUT2D eigenvalue weighted by Crippen LogP contribution is -2.21. The van der Waals surface area contributed by atoms with Gasteiger partial charge in [0.1, 0.15) is 0 Å². The van der Waals surface area contributed by atoms with Gasteiger partial charge in [-0.1, -0.05) is 0 Å². The fourth-order valence-corrected chi connectivity index (χ4v) is 2.56. The number of nitrogens with zero attached hydrogens (tertiary/aromatic N) is 1. The number of carboxylic acid groups (broad SMARTS) is 1. The van der Waals surface area contributed by atoms with E-state index in [4.69, 9.17) is 5.11 Å². The summed E-state index contributed by atoms with van der Waals surface area (Å²) in [6.07, 6.45) is 5.74. The molecule has 2 rings (SSSR count). The third-order valence-electron chi connectivity index (χ3n) is 2.55. The minimum absolute atomic E-state index is 0.192. The number of aryl methyl sites for hydroxylation is 1. The molecule has 0 bridgehead atoms. The van der Waals surface area contributed by atoms with Crippen LogP contribution in [0.2, 0.25) is 0 Å². The number of rotatable bonds is 5. The van der Waals surface area contributed by atoms with Gasteiger partial charge in [0.25, 0.3) is 5.91 Å². The van der Waals surface area contributed by atoms with E-state index < -0.39 is 5.97 Å². The summed E-state index contributed by atoms with van der Waals surface area (Å²) in [5, 5.41) is 11.4.